The number of hydrogen-bond donors (Lipinski definition) is 0. The first-order valence-electron chi connectivity index (χ1n) is 20.2. The van der Waals surface area contributed by atoms with Crippen LogP contribution in [0.25, 0.3) is 77.6 Å². The predicted octanol–water partition coefficient (Wildman–Crippen LogP) is 15.2. The van der Waals surface area contributed by atoms with Crippen LogP contribution >= 0.6 is 0 Å². The number of benzene rings is 9. The van der Waals surface area contributed by atoms with Gasteiger partial charge in [0.15, 0.2) is 0 Å². The lowest BCUT2D eigenvalue weighted by Gasteiger charge is -2.26. The number of nitrogens with zero attached hydrogens (tertiary/aromatic N) is 3. The molecule has 11 rings (SSSR count). The molecule has 0 radical (unpaired) electrons. The van der Waals surface area contributed by atoms with E-state index < -0.39 is 0 Å². The summed E-state index contributed by atoms with van der Waals surface area (Å²) in [6.45, 7) is 0. The summed E-state index contributed by atoms with van der Waals surface area (Å²) in [7, 11) is 0. The van der Waals surface area contributed by atoms with Crippen LogP contribution in [0, 0.1) is 0 Å². The van der Waals surface area contributed by atoms with Crippen LogP contribution in [-0.4, -0.2) is 9.13 Å². The van der Waals surface area contributed by atoms with E-state index in [2.05, 4.69) is 251 Å². The van der Waals surface area contributed by atoms with Gasteiger partial charge in [0.2, 0.25) is 0 Å². The van der Waals surface area contributed by atoms with Crippen molar-refractivity contribution in [1.29, 1.82) is 0 Å². The zero-order chi connectivity index (χ0) is 39.1. The molecule has 2 heterocycles. The number of anilines is 3. The molecule has 278 valence electrons. The molecule has 3 nitrogen and oxygen atoms in total. The van der Waals surface area contributed by atoms with Crippen LogP contribution < -0.4 is 4.90 Å². The molecule has 11 aromatic rings. The minimum Gasteiger partial charge on any atom is -0.311 e. The molecule has 0 amide bonds. The molecule has 0 aliphatic heterocycles. The van der Waals surface area contributed by atoms with Crippen molar-refractivity contribution in [3.05, 3.63) is 237 Å². The van der Waals surface area contributed by atoms with Crippen LogP contribution in [0.1, 0.15) is 0 Å². The molecule has 0 aliphatic carbocycles. The monoisotopic (exact) mass is 753 g/mol. The van der Waals surface area contributed by atoms with Gasteiger partial charge in [0.25, 0.3) is 0 Å². The van der Waals surface area contributed by atoms with E-state index in [9.17, 15) is 0 Å². The molecule has 0 N–H and O–H groups in total. The quantitative estimate of drug-likeness (QED) is 0.151. The highest BCUT2D eigenvalue weighted by Crippen LogP contribution is 2.44. The number of fused-ring (bicyclic) bond motifs is 4. The third-order valence-corrected chi connectivity index (χ3v) is 11.5. The minimum absolute atomic E-state index is 1.09. The van der Waals surface area contributed by atoms with Crippen LogP contribution in [0.15, 0.2) is 237 Å². The molecule has 0 saturated heterocycles. The Morgan fingerprint density at radius 1 is 0.271 bits per heavy atom. The molecule has 2 aromatic heterocycles. The van der Waals surface area contributed by atoms with E-state index in [1.807, 2.05) is 0 Å². The van der Waals surface area contributed by atoms with Crippen molar-refractivity contribution < 1.29 is 0 Å². The van der Waals surface area contributed by atoms with Crippen LogP contribution in [0.5, 0.6) is 0 Å². The summed E-state index contributed by atoms with van der Waals surface area (Å²) in [5, 5.41) is 3.74. The molecular weight excluding hydrogens is 715 g/mol. The first kappa shape index (κ1) is 34.4. The molecule has 59 heavy (non-hydrogen) atoms. The summed E-state index contributed by atoms with van der Waals surface area (Å²) in [4.78, 5) is 2.34. The Kier molecular flexibility index (Phi) is 8.49. The van der Waals surface area contributed by atoms with Gasteiger partial charge in [-0.3, -0.25) is 0 Å². The van der Waals surface area contributed by atoms with Crippen molar-refractivity contribution in [2.24, 2.45) is 0 Å². The zero-order valence-corrected chi connectivity index (χ0v) is 32.4. The molecule has 9 aromatic carbocycles. The lowest BCUT2D eigenvalue weighted by molar-refractivity contribution is 1.13. The largest absolute Gasteiger partial charge is 0.311 e. The van der Waals surface area contributed by atoms with E-state index in [1.54, 1.807) is 0 Å². The Morgan fingerprint density at radius 3 is 1.32 bits per heavy atom. The summed E-state index contributed by atoms with van der Waals surface area (Å²) >= 11 is 0. The fraction of sp³-hybridized carbons (Fsp3) is 0. The molecular formula is C56H39N3. The second-order valence-corrected chi connectivity index (χ2v) is 15.0. The second-order valence-electron chi connectivity index (χ2n) is 15.0. The number of aromatic nitrogens is 2. The summed E-state index contributed by atoms with van der Waals surface area (Å²) in [6, 6.07) is 85.2. The van der Waals surface area contributed by atoms with Crippen LogP contribution in [-0.2, 0) is 0 Å². The highest BCUT2D eigenvalue weighted by atomic mass is 15.1. The lowest BCUT2D eigenvalue weighted by Crippen LogP contribution is -2.10. The van der Waals surface area contributed by atoms with Crippen LogP contribution in [0.3, 0.4) is 0 Å². The first-order valence-corrected chi connectivity index (χ1v) is 20.2. The molecule has 3 heteroatoms. The van der Waals surface area contributed by atoms with E-state index in [0.29, 0.717) is 0 Å². The maximum absolute atomic E-state index is 2.42. The zero-order valence-electron chi connectivity index (χ0n) is 32.4. The average molecular weight is 754 g/mol. The highest BCUT2D eigenvalue weighted by Gasteiger charge is 2.22. The van der Waals surface area contributed by atoms with Gasteiger partial charge in [-0.05, 0) is 107 Å². The van der Waals surface area contributed by atoms with E-state index in [0.717, 1.165) is 34.0 Å². The van der Waals surface area contributed by atoms with Gasteiger partial charge < -0.3 is 14.0 Å². The molecule has 0 aliphatic rings. The Labute approximate surface area is 343 Å². The summed E-state index contributed by atoms with van der Waals surface area (Å²) in [6.07, 6.45) is 0. The van der Waals surface area contributed by atoms with Gasteiger partial charge in [-0.25, -0.2) is 0 Å². The smallest absolute Gasteiger partial charge is 0.0619 e. The number of hydrogen-bond acceptors (Lipinski definition) is 1. The fourth-order valence-electron chi connectivity index (χ4n) is 8.86. The number of para-hydroxylation sites is 4. The van der Waals surface area contributed by atoms with Gasteiger partial charge in [-0.1, -0.05) is 152 Å². The standard InChI is InChI=1S/C56H39N3/c1-5-17-41(18-6-1)55-51-39-43(31-38-54(51)59(45-23-11-4-12-24-45)56(55)42-19-7-2-8-20-42)40-29-32-46(33-30-40)57(44-21-9-3-10-22-44)47-34-36-48(37-35-47)58-52-27-15-13-25-49(52)50-26-14-16-28-53(50)58/h1-39H. The van der Waals surface area contributed by atoms with Crippen molar-refractivity contribution in [3.8, 4) is 44.9 Å². The van der Waals surface area contributed by atoms with Crippen molar-refractivity contribution in [1.82, 2.24) is 9.13 Å². The molecule has 0 fully saturated rings. The Morgan fingerprint density at radius 2 is 0.712 bits per heavy atom. The van der Waals surface area contributed by atoms with Gasteiger partial charge in [-0.2, -0.15) is 0 Å². The van der Waals surface area contributed by atoms with Gasteiger partial charge in [-0.15, -0.1) is 0 Å². The lowest BCUT2D eigenvalue weighted by atomic mass is 9.96. The van der Waals surface area contributed by atoms with Crippen molar-refractivity contribution in [2.75, 3.05) is 4.90 Å². The molecule has 0 atom stereocenters. The maximum Gasteiger partial charge on any atom is 0.0619 e. The third kappa shape index (κ3) is 6.00. The molecule has 0 spiro atoms. The Hall–Kier alpha value is -7.88. The van der Waals surface area contributed by atoms with Gasteiger partial charge in [0, 0.05) is 50.2 Å². The fourth-order valence-corrected chi connectivity index (χ4v) is 8.86. The average Bonchev–Trinajstić information content (AvgIpc) is 3.84. The maximum atomic E-state index is 2.42. The van der Waals surface area contributed by atoms with E-state index in [1.165, 1.54) is 60.7 Å². The number of rotatable bonds is 8. The molecule has 0 unspecified atom stereocenters. The van der Waals surface area contributed by atoms with E-state index in [-0.39, 0.29) is 0 Å². The first-order chi connectivity index (χ1) is 29.3. The summed E-state index contributed by atoms with van der Waals surface area (Å²) < 4.78 is 4.79. The minimum atomic E-state index is 1.09. The molecule has 0 bridgehead atoms. The van der Waals surface area contributed by atoms with Crippen molar-refractivity contribution >= 4 is 49.8 Å². The SMILES string of the molecule is c1ccc(-c2c(-c3ccccc3)n(-c3ccccc3)c3ccc(-c4ccc(N(c5ccccc5)c5ccc(-n6c7ccccc7c7ccccc76)cc5)cc4)cc23)cc1. The van der Waals surface area contributed by atoms with Crippen molar-refractivity contribution in [2.45, 2.75) is 0 Å². The third-order valence-electron chi connectivity index (χ3n) is 11.5. The second kappa shape index (κ2) is 14.6. The normalized spacial score (nSPS) is 11.4. The van der Waals surface area contributed by atoms with E-state index in [4.69, 9.17) is 0 Å². The summed E-state index contributed by atoms with van der Waals surface area (Å²) in [5.74, 6) is 0. The summed E-state index contributed by atoms with van der Waals surface area (Å²) in [5.41, 5.74) is 16.3. The van der Waals surface area contributed by atoms with Gasteiger partial charge >= 0.3 is 0 Å². The molecule has 0 saturated carbocycles. The predicted molar refractivity (Wildman–Crippen MR) is 249 cm³/mol. The van der Waals surface area contributed by atoms with Crippen molar-refractivity contribution in [3.63, 3.8) is 0 Å². The Balaban J connectivity index is 1.01. The van der Waals surface area contributed by atoms with E-state index >= 15 is 0 Å². The topological polar surface area (TPSA) is 13.1 Å². The van der Waals surface area contributed by atoms with Gasteiger partial charge in [0.1, 0.15) is 0 Å². The van der Waals surface area contributed by atoms with Gasteiger partial charge in [0.05, 0.1) is 22.2 Å². The van der Waals surface area contributed by atoms with Crippen LogP contribution in [0.2, 0.25) is 0 Å². The Bertz CT molecular complexity index is 3170. The van der Waals surface area contributed by atoms with Crippen LogP contribution in [0.4, 0.5) is 17.1 Å². The highest BCUT2D eigenvalue weighted by molar-refractivity contribution is 6.09.